The number of aromatic nitrogens is 2. The Morgan fingerprint density at radius 1 is 1.07 bits per heavy atom. The van der Waals surface area contributed by atoms with Gasteiger partial charge in [-0.25, -0.2) is 4.79 Å². The molecule has 1 amide bonds. The zero-order valence-electron chi connectivity index (χ0n) is 25.4. The molecule has 9 nitrogen and oxygen atoms in total. The Balaban J connectivity index is 2.33. The number of amides is 1. The summed E-state index contributed by atoms with van der Waals surface area (Å²) in [6.07, 6.45) is 4.84. The van der Waals surface area contributed by atoms with E-state index in [0.29, 0.717) is 17.0 Å². The maximum Gasteiger partial charge on any atom is 0.332 e. The van der Waals surface area contributed by atoms with Crippen LogP contribution in [0, 0.1) is 11.8 Å². The van der Waals surface area contributed by atoms with E-state index in [1.54, 1.807) is 40.0 Å². The first-order valence-electron chi connectivity index (χ1n) is 13.6. The van der Waals surface area contributed by atoms with Crippen LogP contribution in [0.1, 0.15) is 95.9 Å². The fraction of sp³-hybridized carbons (Fsp3) is 0.581. The van der Waals surface area contributed by atoms with E-state index in [2.05, 4.69) is 30.7 Å². The van der Waals surface area contributed by atoms with E-state index in [9.17, 15) is 14.4 Å². The molecular formula is C31H43N3O6. The van der Waals surface area contributed by atoms with Crippen LogP contribution in [0.5, 0.6) is 5.75 Å². The van der Waals surface area contributed by atoms with Crippen LogP contribution in [0.15, 0.2) is 36.8 Å². The summed E-state index contributed by atoms with van der Waals surface area (Å²) in [7, 11) is 2.86. The molecule has 1 aromatic heterocycles. The van der Waals surface area contributed by atoms with E-state index >= 15 is 0 Å². The fourth-order valence-electron chi connectivity index (χ4n) is 5.58. The summed E-state index contributed by atoms with van der Waals surface area (Å²) < 4.78 is 16.8. The highest BCUT2D eigenvalue weighted by Gasteiger charge is 2.62. The highest BCUT2D eigenvalue weighted by atomic mass is 16.6. The summed E-state index contributed by atoms with van der Waals surface area (Å²) in [6.45, 7) is 15.5. The minimum Gasteiger partial charge on any atom is -0.496 e. The maximum absolute atomic E-state index is 14.6. The molecule has 1 aliphatic heterocycles. The fourth-order valence-corrected chi connectivity index (χ4v) is 5.58. The molecule has 2 aromatic rings. The third-order valence-corrected chi connectivity index (χ3v) is 7.07. The first-order valence-corrected chi connectivity index (χ1v) is 13.6. The van der Waals surface area contributed by atoms with Gasteiger partial charge in [-0.05, 0) is 62.6 Å². The Morgan fingerprint density at radius 2 is 1.75 bits per heavy atom. The highest BCUT2D eigenvalue weighted by Crippen LogP contribution is 2.51. The predicted molar refractivity (Wildman–Crippen MR) is 151 cm³/mol. The summed E-state index contributed by atoms with van der Waals surface area (Å²) in [5.41, 5.74) is -0.864. The molecule has 0 N–H and O–H groups in total. The smallest absolute Gasteiger partial charge is 0.332 e. The van der Waals surface area contributed by atoms with Crippen molar-refractivity contribution >= 4 is 17.8 Å². The lowest BCUT2D eigenvalue weighted by atomic mass is 9.83. The van der Waals surface area contributed by atoms with Crippen LogP contribution in [0.4, 0.5) is 0 Å². The molecule has 0 radical (unpaired) electrons. The molecule has 0 unspecified atom stereocenters. The van der Waals surface area contributed by atoms with Gasteiger partial charge in [-0.3, -0.25) is 19.6 Å². The van der Waals surface area contributed by atoms with Gasteiger partial charge in [0.1, 0.15) is 16.9 Å². The second-order valence-electron chi connectivity index (χ2n) is 12.9. The number of hydrogen-bond donors (Lipinski definition) is 0. The number of benzene rings is 1. The predicted octanol–water partition coefficient (Wildman–Crippen LogP) is 5.29. The van der Waals surface area contributed by atoms with E-state index in [4.69, 9.17) is 14.2 Å². The Kier molecular flexibility index (Phi) is 8.96. The lowest BCUT2D eigenvalue weighted by Gasteiger charge is -2.41. The van der Waals surface area contributed by atoms with Crippen molar-refractivity contribution in [3.63, 3.8) is 0 Å². The number of carbonyl (C=O) groups excluding carboxylic acids is 3. The maximum atomic E-state index is 14.6. The quantitative estimate of drug-likeness (QED) is 0.426. The second-order valence-corrected chi connectivity index (χ2v) is 12.9. The molecule has 40 heavy (non-hydrogen) atoms. The Hall–Kier alpha value is -3.49. The number of nitrogens with zero attached hydrogens (tertiary/aromatic N) is 3. The van der Waals surface area contributed by atoms with Crippen LogP contribution in [0.3, 0.4) is 0 Å². The third kappa shape index (κ3) is 6.29. The monoisotopic (exact) mass is 553 g/mol. The third-order valence-electron chi connectivity index (χ3n) is 7.07. The molecule has 2 heterocycles. The summed E-state index contributed by atoms with van der Waals surface area (Å²) in [4.78, 5) is 52.3. The van der Waals surface area contributed by atoms with Crippen LogP contribution in [0.2, 0.25) is 0 Å². The number of hydrogen-bond acceptors (Lipinski definition) is 8. The van der Waals surface area contributed by atoms with E-state index < -0.39 is 40.9 Å². The molecule has 1 fully saturated rings. The van der Waals surface area contributed by atoms with Crippen LogP contribution >= 0.6 is 0 Å². The van der Waals surface area contributed by atoms with Crippen molar-refractivity contribution in [2.24, 2.45) is 11.8 Å². The Morgan fingerprint density at radius 3 is 2.25 bits per heavy atom. The SMILES string of the molecule is COC(=O)[C@H]1C[C@@](CC(C)C)(C(=O)OC(C)(C)C)N(C(=O)c2ccc(C(C)(C)C)c(OC)c2)[C@H]1c1cnccn1. The minimum atomic E-state index is -1.46. The van der Waals surface area contributed by atoms with Crippen molar-refractivity contribution in [2.45, 2.75) is 90.8 Å². The van der Waals surface area contributed by atoms with Gasteiger partial charge in [-0.15, -0.1) is 0 Å². The van der Waals surface area contributed by atoms with Gasteiger partial charge in [0, 0.05) is 18.0 Å². The molecule has 0 spiro atoms. The summed E-state index contributed by atoms with van der Waals surface area (Å²) in [6, 6.07) is 4.39. The van der Waals surface area contributed by atoms with E-state index in [1.807, 2.05) is 19.9 Å². The Labute approximate surface area is 237 Å². The summed E-state index contributed by atoms with van der Waals surface area (Å²) in [5.74, 6) is -1.87. The summed E-state index contributed by atoms with van der Waals surface area (Å²) in [5, 5.41) is 0. The number of methoxy groups -OCH3 is 2. The van der Waals surface area contributed by atoms with Crippen molar-refractivity contribution in [3.05, 3.63) is 53.6 Å². The van der Waals surface area contributed by atoms with Crippen molar-refractivity contribution in [1.82, 2.24) is 14.9 Å². The molecule has 0 aliphatic carbocycles. The van der Waals surface area contributed by atoms with Gasteiger partial charge in [0.2, 0.25) is 0 Å². The van der Waals surface area contributed by atoms with Crippen molar-refractivity contribution < 1.29 is 28.6 Å². The molecular weight excluding hydrogens is 510 g/mol. The standard InChI is InChI=1S/C31H43N3O6/c1-19(2)16-31(28(37)40-30(6,7)8)17-21(27(36)39-10)25(23-18-32-13-14-33-23)34(31)26(35)20-11-12-22(29(3,4)5)24(15-20)38-9/h11-15,18-19,21,25H,16-17H2,1-10H3/t21-,25+,31-/m0/s1. The van der Waals surface area contributed by atoms with Crippen LogP contribution in [0.25, 0.3) is 0 Å². The minimum absolute atomic E-state index is 0.0143. The largest absolute Gasteiger partial charge is 0.496 e. The highest BCUT2D eigenvalue weighted by molar-refractivity contribution is 6.00. The zero-order valence-corrected chi connectivity index (χ0v) is 25.4. The molecule has 1 saturated heterocycles. The van der Waals surface area contributed by atoms with E-state index in [0.717, 1.165) is 5.56 Å². The molecule has 0 saturated carbocycles. The lowest BCUT2D eigenvalue weighted by Crippen LogP contribution is -2.56. The first-order chi connectivity index (χ1) is 18.6. The molecule has 0 bridgehead atoms. The molecule has 3 rings (SSSR count). The van der Waals surface area contributed by atoms with Crippen LogP contribution in [-0.2, 0) is 24.5 Å². The van der Waals surface area contributed by atoms with E-state index in [1.165, 1.54) is 30.6 Å². The van der Waals surface area contributed by atoms with Gasteiger partial charge in [0.05, 0.1) is 38.1 Å². The van der Waals surface area contributed by atoms with Gasteiger partial charge in [-0.2, -0.15) is 0 Å². The van der Waals surface area contributed by atoms with Crippen molar-refractivity contribution in [3.8, 4) is 5.75 Å². The topological polar surface area (TPSA) is 108 Å². The average molecular weight is 554 g/mol. The average Bonchev–Trinajstić information content (AvgIpc) is 3.21. The van der Waals surface area contributed by atoms with Crippen molar-refractivity contribution in [2.75, 3.05) is 14.2 Å². The Bertz CT molecular complexity index is 1230. The first kappa shape index (κ1) is 31.0. The van der Waals surface area contributed by atoms with Crippen molar-refractivity contribution in [1.29, 1.82) is 0 Å². The van der Waals surface area contributed by atoms with Gasteiger partial charge < -0.3 is 19.1 Å². The molecule has 9 heteroatoms. The number of esters is 2. The van der Waals surface area contributed by atoms with E-state index in [-0.39, 0.29) is 24.2 Å². The normalized spacial score (nSPS) is 21.3. The lowest BCUT2D eigenvalue weighted by molar-refractivity contribution is -0.168. The second kappa shape index (κ2) is 11.6. The molecule has 1 aliphatic rings. The molecule has 3 atom stereocenters. The van der Waals surface area contributed by atoms with Gasteiger partial charge in [0.15, 0.2) is 0 Å². The molecule has 218 valence electrons. The number of carbonyl (C=O) groups is 3. The zero-order chi connectivity index (χ0) is 30.0. The van der Waals surface area contributed by atoms with Gasteiger partial charge >= 0.3 is 11.9 Å². The molecule has 1 aromatic carbocycles. The summed E-state index contributed by atoms with van der Waals surface area (Å²) >= 11 is 0. The number of rotatable bonds is 7. The van der Waals surface area contributed by atoms with Gasteiger partial charge in [-0.1, -0.05) is 40.7 Å². The van der Waals surface area contributed by atoms with Gasteiger partial charge in [0.25, 0.3) is 5.91 Å². The van der Waals surface area contributed by atoms with Crippen LogP contribution in [-0.4, -0.2) is 58.1 Å². The number of ether oxygens (including phenoxy) is 3. The van der Waals surface area contributed by atoms with Crippen LogP contribution < -0.4 is 4.74 Å². The number of likely N-dealkylation sites (tertiary alicyclic amines) is 1.